The molecule has 0 amide bonds. The number of rotatable bonds is 1. The second-order valence-electron chi connectivity index (χ2n) is 2.24. The Balaban J connectivity index is 3.34. The number of nitrogens with two attached hydrogens (primary N) is 2. The lowest BCUT2D eigenvalue weighted by atomic mass is 10.4. The quantitative estimate of drug-likeness (QED) is 0.527. The molecule has 0 bridgehead atoms. The third kappa shape index (κ3) is 1.000. The fourth-order valence-corrected chi connectivity index (χ4v) is 0.914. The van der Waals surface area contributed by atoms with Crippen LogP contribution in [-0.2, 0) is 7.05 Å². The summed E-state index contributed by atoms with van der Waals surface area (Å²) in [6.45, 7) is 0. The van der Waals surface area contributed by atoms with Crippen LogP contribution in [0.5, 0.6) is 0 Å². The van der Waals surface area contributed by atoms with Gasteiger partial charge in [-0.2, -0.15) is 0 Å². The lowest BCUT2D eigenvalue weighted by Gasteiger charge is -1.98. The first-order chi connectivity index (χ1) is 5.04. The van der Waals surface area contributed by atoms with Crippen molar-refractivity contribution in [2.24, 2.45) is 7.05 Å². The zero-order valence-electron chi connectivity index (χ0n) is 6.03. The molecule has 0 fully saturated rings. The van der Waals surface area contributed by atoms with E-state index in [2.05, 4.69) is 0 Å². The number of nitrogens with zero attached hydrogens (tertiary/aromatic N) is 1. The summed E-state index contributed by atoms with van der Waals surface area (Å²) in [6, 6.07) is 1.42. The lowest BCUT2D eigenvalue weighted by Crippen LogP contribution is -2.08. The highest BCUT2D eigenvalue weighted by Gasteiger charge is 2.14. The van der Waals surface area contributed by atoms with Gasteiger partial charge in [-0.25, -0.2) is 4.79 Å². The van der Waals surface area contributed by atoms with Crippen molar-refractivity contribution < 1.29 is 9.90 Å². The second kappa shape index (κ2) is 2.19. The van der Waals surface area contributed by atoms with E-state index in [4.69, 9.17) is 16.6 Å². The number of hydrogen-bond donors (Lipinski definition) is 3. The van der Waals surface area contributed by atoms with E-state index in [1.165, 1.54) is 10.6 Å². The molecule has 1 aromatic rings. The minimum atomic E-state index is -1.07. The van der Waals surface area contributed by atoms with Gasteiger partial charge in [-0.1, -0.05) is 0 Å². The van der Waals surface area contributed by atoms with Gasteiger partial charge in [-0.05, 0) is 0 Å². The second-order valence-corrected chi connectivity index (χ2v) is 2.24. The first-order valence-electron chi connectivity index (χ1n) is 2.98. The Morgan fingerprint density at radius 2 is 2.18 bits per heavy atom. The molecule has 1 rings (SSSR count). The Morgan fingerprint density at radius 1 is 1.64 bits per heavy atom. The molecule has 0 aromatic carbocycles. The van der Waals surface area contributed by atoms with E-state index < -0.39 is 5.97 Å². The molecule has 0 spiro atoms. The van der Waals surface area contributed by atoms with Crippen LogP contribution in [0.3, 0.4) is 0 Å². The van der Waals surface area contributed by atoms with E-state index in [1.807, 2.05) is 0 Å². The summed E-state index contributed by atoms with van der Waals surface area (Å²) in [6.07, 6.45) is 0. The summed E-state index contributed by atoms with van der Waals surface area (Å²) in [7, 11) is 1.55. The maximum Gasteiger partial charge on any atom is 0.354 e. The number of aromatic nitrogens is 1. The van der Waals surface area contributed by atoms with Crippen LogP contribution >= 0.6 is 0 Å². The highest BCUT2D eigenvalue weighted by Crippen LogP contribution is 2.17. The fraction of sp³-hybridized carbons (Fsp3) is 0.167. The Hall–Kier alpha value is -1.65. The lowest BCUT2D eigenvalue weighted by molar-refractivity contribution is 0.0688. The summed E-state index contributed by atoms with van der Waals surface area (Å²) in [4.78, 5) is 10.5. The summed E-state index contributed by atoms with van der Waals surface area (Å²) in [5.41, 5.74) is 11.0. The smallest absolute Gasteiger partial charge is 0.354 e. The van der Waals surface area contributed by atoms with Gasteiger partial charge >= 0.3 is 5.97 Å². The first-order valence-corrected chi connectivity index (χ1v) is 2.98. The highest BCUT2D eigenvalue weighted by atomic mass is 16.4. The van der Waals surface area contributed by atoms with Crippen LogP contribution in [0.1, 0.15) is 10.5 Å². The van der Waals surface area contributed by atoms with Crippen LogP contribution in [0.4, 0.5) is 11.5 Å². The number of carboxylic acids is 1. The zero-order valence-corrected chi connectivity index (χ0v) is 6.03. The Labute approximate surface area is 63.2 Å². The van der Waals surface area contributed by atoms with Crippen LogP contribution in [0.25, 0.3) is 0 Å². The number of anilines is 2. The molecule has 0 unspecified atom stereocenters. The van der Waals surface area contributed by atoms with Crippen molar-refractivity contribution in [1.29, 1.82) is 0 Å². The van der Waals surface area contributed by atoms with Gasteiger partial charge in [0.15, 0.2) is 5.69 Å². The van der Waals surface area contributed by atoms with Gasteiger partial charge in [-0.3, -0.25) is 0 Å². The number of aromatic carboxylic acids is 1. The molecule has 0 radical (unpaired) electrons. The van der Waals surface area contributed by atoms with Crippen LogP contribution in [-0.4, -0.2) is 15.6 Å². The van der Waals surface area contributed by atoms with E-state index in [1.54, 1.807) is 7.05 Å². The molecule has 0 saturated carbocycles. The highest BCUT2D eigenvalue weighted by molar-refractivity contribution is 5.93. The topological polar surface area (TPSA) is 94.3 Å². The number of hydrogen-bond acceptors (Lipinski definition) is 3. The summed E-state index contributed by atoms with van der Waals surface area (Å²) >= 11 is 0. The molecule has 0 saturated heterocycles. The molecule has 5 N–H and O–H groups in total. The Morgan fingerprint density at radius 3 is 2.36 bits per heavy atom. The van der Waals surface area contributed by atoms with E-state index >= 15 is 0 Å². The van der Waals surface area contributed by atoms with Gasteiger partial charge < -0.3 is 21.1 Å². The van der Waals surface area contributed by atoms with Gasteiger partial charge in [0.2, 0.25) is 0 Å². The normalized spacial score (nSPS) is 9.91. The van der Waals surface area contributed by atoms with Crippen LogP contribution in [0.2, 0.25) is 0 Å². The summed E-state index contributed by atoms with van der Waals surface area (Å²) < 4.78 is 1.33. The zero-order chi connectivity index (χ0) is 8.59. The number of nitrogen functional groups attached to an aromatic ring is 2. The van der Waals surface area contributed by atoms with Crippen LogP contribution in [0.15, 0.2) is 6.07 Å². The van der Waals surface area contributed by atoms with Crippen molar-refractivity contribution in [3.63, 3.8) is 0 Å². The molecular formula is C6H9N3O2. The maximum absolute atomic E-state index is 10.5. The van der Waals surface area contributed by atoms with E-state index in [0.717, 1.165) is 0 Å². The average Bonchev–Trinajstić information content (AvgIpc) is 2.07. The Kier molecular flexibility index (Phi) is 1.48. The first kappa shape index (κ1) is 7.46. The van der Waals surface area contributed by atoms with Gasteiger partial charge in [0.25, 0.3) is 0 Å². The minimum Gasteiger partial charge on any atom is -0.477 e. The predicted octanol–water partition coefficient (Wildman–Crippen LogP) is -0.112. The molecule has 0 aliphatic heterocycles. The average molecular weight is 155 g/mol. The van der Waals surface area contributed by atoms with Crippen molar-refractivity contribution in [2.75, 3.05) is 11.5 Å². The maximum atomic E-state index is 10.5. The van der Waals surface area contributed by atoms with Gasteiger partial charge in [-0.15, -0.1) is 0 Å². The molecule has 11 heavy (non-hydrogen) atoms. The molecule has 5 heteroatoms. The van der Waals surface area contributed by atoms with Gasteiger partial charge in [0.1, 0.15) is 5.82 Å². The molecule has 0 atom stereocenters. The largest absolute Gasteiger partial charge is 0.477 e. The van der Waals surface area contributed by atoms with Crippen molar-refractivity contribution in [2.45, 2.75) is 0 Å². The number of carbonyl (C=O) groups is 1. The van der Waals surface area contributed by atoms with Gasteiger partial charge in [0.05, 0.1) is 5.69 Å². The van der Waals surface area contributed by atoms with Crippen molar-refractivity contribution >= 4 is 17.5 Å². The molecule has 1 heterocycles. The SMILES string of the molecule is Cn1c(N)cc(N)c1C(=O)O. The Bertz CT molecular complexity index is 303. The summed E-state index contributed by atoms with van der Waals surface area (Å²) in [5.74, 6) is -0.721. The minimum absolute atomic E-state index is 0.0301. The van der Waals surface area contributed by atoms with Crippen molar-refractivity contribution in [3.05, 3.63) is 11.8 Å². The molecule has 60 valence electrons. The van der Waals surface area contributed by atoms with Crippen molar-refractivity contribution in [1.82, 2.24) is 4.57 Å². The fourth-order valence-electron chi connectivity index (χ4n) is 0.914. The molecular weight excluding hydrogens is 146 g/mol. The molecule has 0 aliphatic rings. The number of carboxylic acid groups (broad SMARTS) is 1. The van der Waals surface area contributed by atoms with Crippen LogP contribution in [0, 0.1) is 0 Å². The third-order valence-corrected chi connectivity index (χ3v) is 1.50. The van der Waals surface area contributed by atoms with E-state index in [-0.39, 0.29) is 11.4 Å². The van der Waals surface area contributed by atoms with E-state index in [0.29, 0.717) is 5.82 Å². The van der Waals surface area contributed by atoms with E-state index in [9.17, 15) is 4.79 Å². The molecule has 0 aliphatic carbocycles. The predicted molar refractivity (Wildman–Crippen MR) is 41.2 cm³/mol. The van der Waals surface area contributed by atoms with Gasteiger partial charge in [0, 0.05) is 13.1 Å². The monoisotopic (exact) mass is 155 g/mol. The summed E-state index contributed by atoms with van der Waals surface area (Å²) in [5, 5.41) is 8.60. The standard InChI is InChI=1S/C6H9N3O2/c1-9-4(8)2-3(7)5(9)6(10)11/h2H,7-8H2,1H3,(H,10,11). The third-order valence-electron chi connectivity index (χ3n) is 1.50. The van der Waals surface area contributed by atoms with Crippen molar-refractivity contribution in [3.8, 4) is 0 Å². The van der Waals surface area contributed by atoms with Crippen LogP contribution < -0.4 is 11.5 Å². The molecule has 5 nitrogen and oxygen atoms in total. The molecule has 1 aromatic heterocycles.